The summed E-state index contributed by atoms with van der Waals surface area (Å²) in [5.41, 5.74) is 1.31. The number of halogens is 1. The summed E-state index contributed by atoms with van der Waals surface area (Å²) in [7, 11) is 0. The van der Waals surface area contributed by atoms with Gasteiger partial charge in [0.1, 0.15) is 12.1 Å². The maximum absolute atomic E-state index is 11.8. The van der Waals surface area contributed by atoms with Crippen molar-refractivity contribution in [3.63, 3.8) is 0 Å². The molecule has 0 aliphatic carbocycles. The lowest BCUT2D eigenvalue weighted by Gasteiger charge is -2.16. The van der Waals surface area contributed by atoms with E-state index in [0.29, 0.717) is 23.4 Å². The molecule has 2 rings (SSSR count). The molecule has 0 radical (unpaired) electrons. The number of nitriles is 2. The van der Waals surface area contributed by atoms with Gasteiger partial charge in [0.15, 0.2) is 0 Å². The van der Waals surface area contributed by atoms with Crippen molar-refractivity contribution in [2.45, 2.75) is 11.2 Å². The minimum absolute atomic E-state index is 0.00130. The zero-order valence-corrected chi connectivity index (χ0v) is 10.4. The molecule has 1 saturated heterocycles. The maximum atomic E-state index is 11.8. The van der Waals surface area contributed by atoms with Crippen molar-refractivity contribution in [1.82, 2.24) is 0 Å². The van der Waals surface area contributed by atoms with E-state index >= 15 is 0 Å². The molecule has 1 atom stereocenters. The molecular formula is C12H8BrN3O. The molecule has 84 valence electrons. The lowest BCUT2D eigenvalue weighted by atomic mass is 10.1. The second-order valence-electron chi connectivity index (χ2n) is 3.70. The molecule has 0 aromatic heterocycles. The maximum Gasteiger partial charge on any atom is 0.240 e. The summed E-state index contributed by atoms with van der Waals surface area (Å²) < 4.78 is 0. The molecule has 0 saturated carbocycles. The molecule has 1 aliphatic rings. The largest absolute Gasteiger partial charge is 0.311 e. The first kappa shape index (κ1) is 11.6. The van der Waals surface area contributed by atoms with E-state index in [1.54, 1.807) is 23.1 Å². The van der Waals surface area contributed by atoms with Crippen LogP contribution in [-0.4, -0.2) is 17.3 Å². The van der Waals surface area contributed by atoms with Crippen LogP contribution in [0.5, 0.6) is 0 Å². The van der Waals surface area contributed by atoms with Gasteiger partial charge in [0, 0.05) is 12.2 Å². The van der Waals surface area contributed by atoms with Gasteiger partial charge >= 0.3 is 0 Å². The monoisotopic (exact) mass is 289 g/mol. The van der Waals surface area contributed by atoms with Crippen LogP contribution in [0, 0.1) is 22.7 Å². The van der Waals surface area contributed by atoms with E-state index in [-0.39, 0.29) is 10.7 Å². The normalized spacial score (nSPS) is 18.9. The molecule has 1 fully saturated rings. The Morgan fingerprint density at radius 3 is 2.53 bits per heavy atom. The van der Waals surface area contributed by atoms with E-state index < -0.39 is 0 Å². The average molecular weight is 290 g/mol. The van der Waals surface area contributed by atoms with Gasteiger partial charge in [-0.3, -0.25) is 4.79 Å². The Balaban J connectivity index is 2.39. The molecule has 4 nitrogen and oxygen atoms in total. The number of benzene rings is 1. The number of alkyl halides is 1. The van der Waals surface area contributed by atoms with Gasteiger partial charge in [-0.1, -0.05) is 15.9 Å². The predicted molar refractivity (Wildman–Crippen MR) is 65.6 cm³/mol. The molecule has 1 amide bonds. The van der Waals surface area contributed by atoms with Crippen LogP contribution in [0.1, 0.15) is 17.5 Å². The van der Waals surface area contributed by atoms with Crippen LogP contribution in [-0.2, 0) is 4.79 Å². The molecule has 1 unspecified atom stereocenters. The van der Waals surface area contributed by atoms with Crippen LogP contribution in [0.2, 0.25) is 0 Å². The summed E-state index contributed by atoms with van der Waals surface area (Å²) >= 11 is 3.30. The fourth-order valence-electron chi connectivity index (χ4n) is 1.79. The van der Waals surface area contributed by atoms with Gasteiger partial charge in [0.05, 0.1) is 16.0 Å². The lowest BCUT2D eigenvalue weighted by Crippen LogP contribution is -2.27. The number of anilines is 1. The second-order valence-corrected chi connectivity index (χ2v) is 4.80. The third-order valence-electron chi connectivity index (χ3n) is 2.70. The molecule has 1 aliphatic heterocycles. The highest BCUT2D eigenvalue weighted by Gasteiger charge is 2.30. The van der Waals surface area contributed by atoms with Gasteiger partial charge in [-0.25, -0.2) is 0 Å². The van der Waals surface area contributed by atoms with Crippen molar-refractivity contribution in [1.29, 1.82) is 10.5 Å². The Morgan fingerprint density at radius 2 is 2.00 bits per heavy atom. The fourth-order valence-corrected chi connectivity index (χ4v) is 2.24. The van der Waals surface area contributed by atoms with E-state index in [1.165, 1.54) is 0 Å². The van der Waals surface area contributed by atoms with E-state index in [9.17, 15) is 4.79 Å². The predicted octanol–water partition coefficient (Wildman–Crippen LogP) is 1.93. The zero-order chi connectivity index (χ0) is 12.4. The first-order chi connectivity index (χ1) is 8.17. The summed E-state index contributed by atoms with van der Waals surface area (Å²) in [4.78, 5) is 13.3. The van der Waals surface area contributed by atoms with Crippen LogP contribution < -0.4 is 4.90 Å². The highest BCUT2D eigenvalue weighted by atomic mass is 79.9. The number of rotatable bonds is 1. The zero-order valence-electron chi connectivity index (χ0n) is 8.85. The Bertz CT molecular complexity index is 556. The van der Waals surface area contributed by atoms with Crippen molar-refractivity contribution in [2.24, 2.45) is 0 Å². The van der Waals surface area contributed by atoms with Crippen molar-refractivity contribution < 1.29 is 4.79 Å². The summed E-state index contributed by atoms with van der Waals surface area (Å²) in [5, 5.41) is 17.7. The molecule has 17 heavy (non-hydrogen) atoms. The Hall–Kier alpha value is -1.85. The number of carbonyl (C=O) groups is 1. The van der Waals surface area contributed by atoms with E-state index in [4.69, 9.17) is 10.5 Å². The highest BCUT2D eigenvalue weighted by Crippen LogP contribution is 2.26. The van der Waals surface area contributed by atoms with Gasteiger partial charge in [0.25, 0.3) is 0 Å². The molecule has 0 N–H and O–H groups in total. The smallest absolute Gasteiger partial charge is 0.240 e. The standard InChI is InChI=1S/C12H8BrN3O/c13-11-3-4-16(12(11)17)10-2-1-8(6-14)9(5-10)7-15/h1-2,5,11H,3-4H2. The average Bonchev–Trinajstić information content (AvgIpc) is 2.69. The molecule has 1 aromatic carbocycles. The second kappa shape index (κ2) is 4.57. The molecule has 5 heteroatoms. The number of carbonyl (C=O) groups excluding carboxylic acids is 1. The Morgan fingerprint density at radius 1 is 1.29 bits per heavy atom. The summed E-state index contributed by atoms with van der Waals surface area (Å²) in [5.74, 6) is -0.00130. The summed E-state index contributed by atoms with van der Waals surface area (Å²) in [6.45, 7) is 0.630. The van der Waals surface area contributed by atoms with Crippen LogP contribution in [0.15, 0.2) is 18.2 Å². The summed E-state index contributed by atoms with van der Waals surface area (Å²) in [6, 6.07) is 8.77. The summed E-state index contributed by atoms with van der Waals surface area (Å²) in [6.07, 6.45) is 0.751. The minimum atomic E-state index is -0.149. The van der Waals surface area contributed by atoms with E-state index in [0.717, 1.165) is 6.42 Å². The van der Waals surface area contributed by atoms with E-state index in [2.05, 4.69) is 15.9 Å². The molecule has 1 aromatic rings. The molecule has 0 spiro atoms. The molecule has 1 heterocycles. The van der Waals surface area contributed by atoms with Crippen LogP contribution in [0.25, 0.3) is 0 Å². The number of hydrogen-bond donors (Lipinski definition) is 0. The van der Waals surface area contributed by atoms with Crippen molar-refractivity contribution in [3.8, 4) is 12.1 Å². The van der Waals surface area contributed by atoms with Crippen molar-refractivity contribution in [3.05, 3.63) is 29.3 Å². The van der Waals surface area contributed by atoms with Crippen LogP contribution in [0.3, 0.4) is 0 Å². The topological polar surface area (TPSA) is 67.9 Å². The van der Waals surface area contributed by atoms with Crippen molar-refractivity contribution in [2.75, 3.05) is 11.4 Å². The number of nitrogens with zero attached hydrogens (tertiary/aromatic N) is 3. The SMILES string of the molecule is N#Cc1ccc(N2CCC(Br)C2=O)cc1C#N. The van der Waals surface area contributed by atoms with E-state index in [1.807, 2.05) is 12.1 Å². The van der Waals surface area contributed by atoms with Gasteiger partial charge in [-0.15, -0.1) is 0 Å². The van der Waals surface area contributed by atoms with Gasteiger partial charge in [-0.05, 0) is 24.6 Å². The third-order valence-corrected chi connectivity index (χ3v) is 3.55. The van der Waals surface area contributed by atoms with Gasteiger partial charge in [-0.2, -0.15) is 10.5 Å². The minimum Gasteiger partial charge on any atom is -0.311 e. The number of hydrogen-bond acceptors (Lipinski definition) is 3. The first-order valence-electron chi connectivity index (χ1n) is 5.07. The highest BCUT2D eigenvalue weighted by molar-refractivity contribution is 9.10. The van der Waals surface area contributed by atoms with Gasteiger partial charge < -0.3 is 4.90 Å². The van der Waals surface area contributed by atoms with Crippen LogP contribution >= 0.6 is 15.9 Å². The number of amides is 1. The Labute approximate surface area is 107 Å². The van der Waals surface area contributed by atoms with Gasteiger partial charge in [0.2, 0.25) is 5.91 Å². The lowest BCUT2D eigenvalue weighted by molar-refractivity contribution is -0.116. The fraction of sp³-hybridized carbons (Fsp3) is 0.250. The first-order valence-corrected chi connectivity index (χ1v) is 5.98. The molecule has 0 bridgehead atoms. The van der Waals surface area contributed by atoms with Crippen LogP contribution in [0.4, 0.5) is 5.69 Å². The quantitative estimate of drug-likeness (QED) is 0.742. The Kier molecular flexibility index (Phi) is 3.12. The molecular weight excluding hydrogens is 282 g/mol. The van der Waals surface area contributed by atoms with Crippen molar-refractivity contribution >= 4 is 27.5 Å². The third kappa shape index (κ3) is 2.02.